The highest BCUT2D eigenvalue weighted by atomic mass is 127. The van der Waals surface area contributed by atoms with Gasteiger partial charge < -0.3 is 5.32 Å². The highest BCUT2D eigenvalue weighted by Crippen LogP contribution is 2.13. The molecule has 3 nitrogen and oxygen atoms in total. The van der Waals surface area contributed by atoms with Gasteiger partial charge in [-0.25, -0.2) is 4.98 Å². The fourth-order valence-electron chi connectivity index (χ4n) is 0.724. The highest BCUT2D eigenvalue weighted by molar-refractivity contribution is 14.1. The molecule has 11 heavy (non-hydrogen) atoms. The molecule has 0 bridgehead atoms. The molecule has 4 heteroatoms. The van der Waals surface area contributed by atoms with Crippen molar-refractivity contribution in [1.82, 2.24) is 4.98 Å². The molecular formula is C7H6IN3. The molecule has 0 saturated heterocycles. The Balaban J connectivity index is 3.19. The predicted octanol–water partition coefficient (Wildman–Crippen LogP) is 1.60. The average Bonchev–Trinajstić information content (AvgIpc) is 2.04. The Bertz CT molecular complexity index is 303. The number of hydrogen-bond acceptors (Lipinski definition) is 3. The van der Waals surface area contributed by atoms with Gasteiger partial charge in [0.15, 0.2) is 0 Å². The average molecular weight is 259 g/mol. The Labute approximate surface area is 78.6 Å². The molecule has 0 aliphatic heterocycles. The lowest BCUT2D eigenvalue weighted by Crippen LogP contribution is -1.95. The largest absolute Gasteiger partial charge is 0.372 e. The number of aromatic nitrogens is 1. The van der Waals surface area contributed by atoms with Gasteiger partial charge in [-0.15, -0.1) is 0 Å². The summed E-state index contributed by atoms with van der Waals surface area (Å²) in [5, 5.41) is 11.5. The second-order valence-electron chi connectivity index (χ2n) is 1.91. The van der Waals surface area contributed by atoms with Crippen LogP contribution in [0.4, 0.5) is 5.82 Å². The van der Waals surface area contributed by atoms with Crippen LogP contribution in [0, 0.1) is 14.9 Å². The van der Waals surface area contributed by atoms with E-state index in [2.05, 4.69) is 39.0 Å². The third kappa shape index (κ3) is 1.80. The smallest absolute Gasteiger partial charge is 0.143 e. The molecule has 0 radical (unpaired) electrons. The molecule has 1 rings (SSSR count). The van der Waals surface area contributed by atoms with Crippen molar-refractivity contribution in [3.8, 4) is 6.07 Å². The van der Waals surface area contributed by atoms with Gasteiger partial charge in [0.05, 0.1) is 5.56 Å². The monoisotopic (exact) mass is 259 g/mol. The second-order valence-corrected chi connectivity index (χ2v) is 3.16. The van der Waals surface area contributed by atoms with Crippen molar-refractivity contribution in [2.75, 3.05) is 12.4 Å². The molecule has 0 unspecified atom stereocenters. The van der Waals surface area contributed by atoms with E-state index in [4.69, 9.17) is 5.26 Å². The van der Waals surface area contributed by atoms with Crippen LogP contribution < -0.4 is 5.32 Å². The number of nitrogens with zero attached hydrogens (tertiary/aromatic N) is 2. The number of hydrogen-bond donors (Lipinski definition) is 1. The summed E-state index contributed by atoms with van der Waals surface area (Å²) in [6, 6.07) is 3.85. The van der Waals surface area contributed by atoms with Crippen molar-refractivity contribution >= 4 is 28.4 Å². The maximum absolute atomic E-state index is 8.64. The molecule has 0 aromatic carbocycles. The van der Waals surface area contributed by atoms with Crippen LogP contribution in [0.15, 0.2) is 12.3 Å². The van der Waals surface area contributed by atoms with Crippen molar-refractivity contribution < 1.29 is 0 Å². The van der Waals surface area contributed by atoms with E-state index < -0.39 is 0 Å². The lowest BCUT2D eigenvalue weighted by Gasteiger charge is -2.00. The van der Waals surface area contributed by atoms with E-state index >= 15 is 0 Å². The highest BCUT2D eigenvalue weighted by Gasteiger charge is 2.00. The van der Waals surface area contributed by atoms with E-state index in [1.54, 1.807) is 19.3 Å². The Kier molecular flexibility index (Phi) is 2.65. The molecule has 0 aliphatic rings. The summed E-state index contributed by atoms with van der Waals surface area (Å²) >= 11 is 2.12. The van der Waals surface area contributed by atoms with E-state index in [0.29, 0.717) is 11.4 Å². The Hall–Kier alpha value is -0.830. The first-order valence-electron chi connectivity index (χ1n) is 3.01. The van der Waals surface area contributed by atoms with Gasteiger partial charge in [-0.2, -0.15) is 5.26 Å². The van der Waals surface area contributed by atoms with Gasteiger partial charge >= 0.3 is 0 Å². The second kappa shape index (κ2) is 3.53. The first-order chi connectivity index (χ1) is 5.27. The molecule has 0 fully saturated rings. The summed E-state index contributed by atoms with van der Waals surface area (Å²) in [6.07, 6.45) is 1.72. The topological polar surface area (TPSA) is 48.7 Å². The first kappa shape index (κ1) is 8.27. The number of halogens is 1. The van der Waals surface area contributed by atoms with Gasteiger partial charge in [0.2, 0.25) is 0 Å². The van der Waals surface area contributed by atoms with Gasteiger partial charge in [-0.3, -0.25) is 0 Å². The summed E-state index contributed by atoms with van der Waals surface area (Å²) in [4.78, 5) is 4.03. The van der Waals surface area contributed by atoms with Crippen LogP contribution in [-0.2, 0) is 0 Å². The summed E-state index contributed by atoms with van der Waals surface area (Å²) in [7, 11) is 1.75. The van der Waals surface area contributed by atoms with Crippen LogP contribution in [0.5, 0.6) is 0 Å². The lowest BCUT2D eigenvalue weighted by atomic mass is 10.3. The van der Waals surface area contributed by atoms with Gasteiger partial charge in [0.1, 0.15) is 11.9 Å². The van der Waals surface area contributed by atoms with Crippen LogP contribution in [0.25, 0.3) is 0 Å². The summed E-state index contributed by atoms with van der Waals surface area (Å²) in [5.41, 5.74) is 0.583. The molecule has 0 aliphatic carbocycles. The predicted molar refractivity (Wildman–Crippen MR) is 51.2 cm³/mol. The number of nitrogens with one attached hydrogen (secondary N) is 1. The van der Waals surface area contributed by atoms with E-state index in [9.17, 15) is 0 Å². The molecule has 1 aromatic heterocycles. The van der Waals surface area contributed by atoms with Crippen LogP contribution >= 0.6 is 22.6 Å². The lowest BCUT2D eigenvalue weighted by molar-refractivity contribution is 1.25. The minimum atomic E-state index is 0.583. The quantitative estimate of drug-likeness (QED) is 0.779. The zero-order valence-corrected chi connectivity index (χ0v) is 8.08. The van der Waals surface area contributed by atoms with Crippen LogP contribution in [0.1, 0.15) is 5.56 Å². The fourth-order valence-corrected chi connectivity index (χ4v) is 1.17. The van der Waals surface area contributed by atoms with Gasteiger partial charge in [-0.05, 0) is 28.7 Å². The standard InChI is InChI=1S/C7H6IN3/c1-10-7-5(3-9)2-6(8)4-11-7/h2,4H,1H3,(H,10,11). The number of pyridine rings is 1. The van der Waals surface area contributed by atoms with Crippen molar-refractivity contribution in [2.45, 2.75) is 0 Å². The molecule has 1 heterocycles. The molecule has 0 spiro atoms. The van der Waals surface area contributed by atoms with Crippen molar-refractivity contribution in [1.29, 1.82) is 5.26 Å². The molecule has 56 valence electrons. The molecular weight excluding hydrogens is 253 g/mol. The Morgan fingerprint density at radius 1 is 1.73 bits per heavy atom. The van der Waals surface area contributed by atoms with Crippen LogP contribution in [0.3, 0.4) is 0 Å². The van der Waals surface area contributed by atoms with Crippen molar-refractivity contribution in [3.63, 3.8) is 0 Å². The maximum atomic E-state index is 8.64. The van der Waals surface area contributed by atoms with E-state index in [1.807, 2.05) is 0 Å². The zero-order chi connectivity index (χ0) is 8.27. The molecule has 1 aromatic rings. The number of anilines is 1. The molecule has 0 saturated carbocycles. The Morgan fingerprint density at radius 3 is 3.00 bits per heavy atom. The SMILES string of the molecule is CNc1ncc(I)cc1C#N. The maximum Gasteiger partial charge on any atom is 0.143 e. The number of rotatable bonds is 1. The Morgan fingerprint density at radius 2 is 2.45 bits per heavy atom. The van der Waals surface area contributed by atoms with E-state index in [-0.39, 0.29) is 0 Å². The van der Waals surface area contributed by atoms with E-state index in [1.165, 1.54) is 0 Å². The fraction of sp³-hybridized carbons (Fsp3) is 0.143. The minimum absolute atomic E-state index is 0.583. The third-order valence-electron chi connectivity index (χ3n) is 1.21. The van der Waals surface area contributed by atoms with Gasteiger partial charge in [0.25, 0.3) is 0 Å². The third-order valence-corrected chi connectivity index (χ3v) is 1.80. The van der Waals surface area contributed by atoms with Crippen molar-refractivity contribution in [3.05, 3.63) is 21.4 Å². The normalized spacial score (nSPS) is 8.82. The minimum Gasteiger partial charge on any atom is -0.372 e. The number of nitriles is 1. The summed E-state index contributed by atoms with van der Waals surface area (Å²) < 4.78 is 0.971. The van der Waals surface area contributed by atoms with Gasteiger partial charge in [0, 0.05) is 16.8 Å². The summed E-state index contributed by atoms with van der Waals surface area (Å²) in [6.45, 7) is 0. The van der Waals surface area contributed by atoms with E-state index in [0.717, 1.165) is 3.57 Å². The van der Waals surface area contributed by atoms with Crippen LogP contribution in [-0.4, -0.2) is 12.0 Å². The zero-order valence-electron chi connectivity index (χ0n) is 5.93. The first-order valence-corrected chi connectivity index (χ1v) is 4.09. The van der Waals surface area contributed by atoms with Gasteiger partial charge in [-0.1, -0.05) is 0 Å². The molecule has 0 amide bonds. The molecule has 1 N–H and O–H groups in total. The summed E-state index contributed by atoms with van der Waals surface area (Å²) in [5.74, 6) is 0.632. The molecule has 0 atom stereocenters. The van der Waals surface area contributed by atoms with Crippen molar-refractivity contribution in [2.24, 2.45) is 0 Å². The van der Waals surface area contributed by atoms with Crippen LogP contribution in [0.2, 0.25) is 0 Å².